The van der Waals surface area contributed by atoms with Gasteiger partial charge in [-0.05, 0) is 13.0 Å². The van der Waals surface area contributed by atoms with Crippen molar-refractivity contribution in [1.82, 2.24) is 5.16 Å². The first-order chi connectivity index (χ1) is 9.92. The standard InChI is InChI=1S/C12H11FN4O4/c1-6-3-11(21-16-6)15-12(18)7-4-9(14-2)8(13)5-10(7)17(19)20/h3-5,14H,1-2H3,(H,15,18). The van der Waals surface area contributed by atoms with Gasteiger partial charge in [-0.2, -0.15) is 0 Å². The Balaban J connectivity index is 2.40. The van der Waals surface area contributed by atoms with Gasteiger partial charge < -0.3 is 9.84 Å². The molecule has 1 aromatic heterocycles. The predicted molar refractivity (Wildman–Crippen MR) is 71.8 cm³/mol. The number of halogens is 1. The van der Waals surface area contributed by atoms with Gasteiger partial charge in [0.2, 0.25) is 5.88 Å². The molecule has 0 saturated heterocycles. The Morgan fingerprint density at radius 1 is 1.43 bits per heavy atom. The van der Waals surface area contributed by atoms with E-state index in [0.717, 1.165) is 6.07 Å². The van der Waals surface area contributed by atoms with E-state index in [9.17, 15) is 19.3 Å². The number of carbonyl (C=O) groups is 1. The summed E-state index contributed by atoms with van der Waals surface area (Å²) in [5.41, 5.74) is -0.422. The molecule has 110 valence electrons. The molecule has 0 atom stereocenters. The summed E-state index contributed by atoms with van der Waals surface area (Å²) in [6, 6.07) is 3.20. The maximum absolute atomic E-state index is 13.6. The normalized spacial score (nSPS) is 10.2. The smallest absolute Gasteiger partial charge is 0.285 e. The lowest BCUT2D eigenvalue weighted by molar-refractivity contribution is -0.385. The number of hydrogen-bond donors (Lipinski definition) is 2. The first-order valence-corrected chi connectivity index (χ1v) is 5.82. The molecule has 0 saturated carbocycles. The van der Waals surface area contributed by atoms with E-state index in [4.69, 9.17) is 4.52 Å². The lowest BCUT2D eigenvalue weighted by Gasteiger charge is -2.07. The van der Waals surface area contributed by atoms with E-state index >= 15 is 0 Å². The van der Waals surface area contributed by atoms with Gasteiger partial charge in [-0.15, -0.1) is 0 Å². The third-order valence-corrected chi connectivity index (χ3v) is 2.66. The van der Waals surface area contributed by atoms with Crippen molar-refractivity contribution in [2.45, 2.75) is 6.92 Å². The maximum atomic E-state index is 13.6. The van der Waals surface area contributed by atoms with Crippen LogP contribution in [0.4, 0.5) is 21.6 Å². The Kier molecular flexibility index (Phi) is 3.83. The molecule has 1 amide bonds. The van der Waals surface area contributed by atoms with Crippen molar-refractivity contribution in [3.63, 3.8) is 0 Å². The number of anilines is 2. The Morgan fingerprint density at radius 3 is 2.67 bits per heavy atom. The van der Waals surface area contributed by atoms with E-state index in [1.54, 1.807) is 6.92 Å². The van der Waals surface area contributed by atoms with E-state index in [0.29, 0.717) is 11.8 Å². The Bertz CT molecular complexity index is 713. The van der Waals surface area contributed by atoms with Gasteiger partial charge in [0.1, 0.15) is 5.56 Å². The SMILES string of the molecule is CNc1cc(C(=O)Nc2cc(C)no2)c([N+](=O)[O-])cc1F. The molecule has 21 heavy (non-hydrogen) atoms. The molecule has 9 heteroatoms. The number of nitrogens with one attached hydrogen (secondary N) is 2. The van der Waals surface area contributed by atoms with Crippen LogP contribution in [0.3, 0.4) is 0 Å². The van der Waals surface area contributed by atoms with Gasteiger partial charge in [0, 0.05) is 13.1 Å². The molecule has 0 bridgehead atoms. The van der Waals surface area contributed by atoms with Gasteiger partial charge in [0.25, 0.3) is 11.6 Å². The van der Waals surface area contributed by atoms with Gasteiger partial charge in [-0.1, -0.05) is 5.16 Å². The van der Waals surface area contributed by atoms with Crippen LogP contribution in [0.1, 0.15) is 16.1 Å². The van der Waals surface area contributed by atoms with Crippen molar-refractivity contribution in [3.8, 4) is 0 Å². The Morgan fingerprint density at radius 2 is 2.14 bits per heavy atom. The van der Waals surface area contributed by atoms with Crippen LogP contribution in [0.5, 0.6) is 0 Å². The van der Waals surface area contributed by atoms with Crippen LogP contribution in [-0.2, 0) is 0 Å². The molecule has 2 N–H and O–H groups in total. The molecule has 0 aliphatic rings. The minimum Gasteiger partial charge on any atom is -0.386 e. The molecule has 0 fully saturated rings. The minimum atomic E-state index is -0.830. The molecular formula is C12H11FN4O4. The number of hydrogen-bond acceptors (Lipinski definition) is 6. The first-order valence-electron chi connectivity index (χ1n) is 5.82. The number of carbonyl (C=O) groups excluding carboxylic acids is 1. The van der Waals surface area contributed by atoms with Gasteiger partial charge >= 0.3 is 0 Å². The zero-order valence-corrected chi connectivity index (χ0v) is 11.1. The molecular weight excluding hydrogens is 283 g/mol. The molecule has 0 spiro atoms. The zero-order valence-electron chi connectivity index (χ0n) is 11.1. The summed E-state index contributed by atoms with van der Waals surface area (Å²) in [5, 5.41) is 19.3. The van der Waals surface area contributed by atoms with Crippen LogP contribution < -0.4 is 10.6 Å². The van der Waals surface area contributed by atoms with E-state index in [2.05, 4.69) is 15.8 Å². The second-order valence-corrected chi connectivity index (χ2v) is 4.14. The predicted octanol–water partition coefficient (Wildman–Crippen LogP) is 2.32. The van der Waals surface area contributed by atoms with Gasteiger partial charge in [-0.25, -0.2) is 4.39 Å². The van der Waals surface area contributed by atoms with Crippen molar-refractivity contribution < 1.29 is 18.6 Å². The van der Waals surface area contributed by atoms with Crippen LogP contribution in [0.15, 0.2) is 22.7 Å². The number of aryl methyl sites for hydroxylation is 1. The van der Waals surface area contributed by atoms with Crippen molar-refractivity contribution in [2.24, 2.45) is 0 Å². The number of nitro benzene ring substituents is 1. The molecule has 8 nitrogen and oxygen atoms in total. The van der Waals surface area contributed by atoms with E-state index in [-0.39, 0.29) is 17.1 Å². The van der Waals surface area contributed by atoms with Crippen LogP contribution in [0, 0.1) is 22.9 Å². The molecule has 0 aliphatic heterocycles. The number of nitrogens with zero attached hydrogens (tertiary/aromatic N) is 2. The number of rotatable bonds is 4. The highest BCUT2D eigenvalue weighted by Crippen LogP contribution is 2.26. The number of benzene rings is 1. The van der Waals surface area contributed by atoms with Gasteiger partial charge in [0.05, 0.1) is 22.4 Å². The van der Waals surface area contributed by atoms with E-state index < -0.39 is 22.3 Å². The van der Waals surface area contributed by atoms with E-state index in [1.165, 1.54) is 13.1 Å². The summed E-state index contributed by atoms with van der Waals surface area (Å²) < 4.78 is 18.4. The highest BCUT2D eigenvalue weighted by Gasteiger charge is 2.24. The number of amides is 1. The summed E-state index contributed by atoms with van der Waals surface area (Å²) in [5.74, 6) is -1.58. The minimum absolute atomic E-state index is 0.0282. The number of nitro groups is 1. The Labute approximate surface area is 118 Å². The molecule has 1 heterocycles. The molecule has 2 aromatic rings. The van der Waals surface area contributed by atoms with Crippen LogP contribution in [0.2, 0.25) is 0 Å². The van der Waals surface area contributed by atoms with Gasteiger partial charge in [-0.3, -0.25) is 20.2 Å². The summed E-state index contributed by atoms with van der Waals surface area (Å²) in [7, 11) is 1.44. The highest BCUT2D eigenvalue weighted by atomic mass is 19.1. The fourth-order valence-electron chi connectivity index (χ4n) is 1.69. The van der Waals surface area contributed by atoms with Crippen LogP contribution in [0.25, 0.3) is 0 Å². The van der Waals surface area contributed by atoms with E-state index in [1.807, 2.05) is 0 Å². The average molecular weight is 294 g/mol. The summed E-state index contributed by atoms with van der Waals surface area (Å²) in [4.78, 5) is 22.2. The van der Waals surface area contributed by atoms with Crippen molar-refractivity contribution in [3.05, 3.63) is 45.4 Å². The summed E-state index contributed by atoms with van der Waals surface area (Å²) >= 11 is 0. The van der Waals surface area contributed by atoms with Crippen molar-refractivity contribution >= 4 is 23.2 Å². The van der Waals surface area contributed by atoms with Crippen molar-refractivity contribution in [1.29, 1.82) is 0 Å². The average Bonchev–Trinajstić information content (AvgIpc) is 2.83. The highest BCUT2D eigenvalue weighted by molar-refractivity contribution is 6.07. The van der Waals surface area contributed by atoms with Crippen molar-refractivity contribution in [2.75, 3.05) is 17.7 Å². The first kappa shape index (κ1) is 14.4. The largest absolute Gasteiger partial charge is 0.386 e. The Hall–Kier alpha value is -2.97. The molecule has 0 radical (unpaired) electrons. The van der Waals surface area contributed by atoms with Gasteiger partial charge in [0.15, 0.2) is 5.82 Å². The van der Waals surface area contributed by atoms with Crippen LogP contribution >= 0.6 is 0 Å². The third-order valence-electron chi connectivity index (χ3n) is 2.66. The second kappa shape index (κ2) is 5.57. The molecule has 2 rings (SSSR count). The fraction of sp³-hybridized carbons (Fsp3) is 0.167. The molecule has 0 aliphatic carbocycles. The maximum Gasteiger partial charge on any atom is 0.285 e. The quantitative estimate of drug-likeness (QED) is 0.661. The monoisotopic (exact) mass is 294 g/mol. The lowest BCUT2D eigenvalue weighted by Crippen LogP contribution is -2.14. The third kappa shape index (κ3) is 2.96. The summed E-state index contributed by atoms with van der Waals surface area (Å²) in [6.07, 6.45) is 0. The lowest BCUT2D eigenvalue weighted by atomic mass is 10.1. The fourth-order valence-corrected chi connectivity index (χ4v) is 1.69. The van der Waals surface area contributed by atoms with Crippen LogP contribution in [-0.4, -0.2) is 23.0 Å². The topological polar surface area (TPSA) is 110 Å². The molecule has 0 unspecified atom stereocenters. The second-order valence-electron chi connectivity index (χ2n) is 4.14. The number of aromatic nitrogens is 1. The zero-order chi connectivity index (χ0) is 15.6. The molecule has 1 aromatic carbocycles. The summed E-state index contributed by atoms with van der Waals surface area (Å²) in [6.45, 7) is 1.65.